The van der Waals surface area contributed by atoms with Crippen LogP contribution in [0.25, 0.3) is 22.0 Å². The number of hydrogen-bond donors (Lipinski definition) is 1. The molecule has 1 aromatic carbocycles. The lowest BCUT2D eigenvalue weighted by Crippen LogP contribution is -2.24. The lowest BCUT2D eigenvalue weighted by atomic mass is 9.81. The highest BCUT2D eigenvalue weighted by Crippen LogP contribution is 2.43. The monoisotopic (exact) mass is 330 g/mol. The highest BCUT2D eigenvalue weighted by molar-refractivity contribution is 5.98. The van der Waals surface area contributed by atoms with Gasteiger partial charge in [0.05, 0.1) is 23.5 Å². The van der Waals surface area contributed by atoms with Crippen molar-refractivity contribution in [3.63, 3.8) is 0 Å². The molecule has 2 heterocycles. The zero-order valence-corrected chi connectivity index (χ0v) is 14.9. The highest BCUT2D eigenvalue weighted by Gasteiger charge is 2.29. The fourth-order valence-electron chi connectivity index (χ4n) is 3.94. The van der Waals surface area contributed by atoms with E-state index >= 15 is 0 Å². The van der Waals surface area contributed by atoms with E-state index in [2.05, 4.69) is 34.8 Å². The van der Waals surface area contributed by atoms with Gasteiger partial charge in [-0.15, -0.1) is 0 Å². The number of rotatable bonds is 2. The number of nitrogens with zero attached hydrogens (tertiary/aromatic N) is 3. The summed E-state index contributed by atoms with van der Waals surface area (Å²) in [4.78, 5) is 4.29. The molecule has 3 aromatic rings. The molecule has 25 heavy (non-hydrogen) atoms. The molecule has 0 radical (unpaired) electrons. The van der Waals surface area contributed by atoms with Crippen molar-refractivity contribution in [2.75, 3.05) is 5.73 Å². The van der Waals surface area contributed by atoms with Gasteiger partial charge in [-0.3, -0.25) is 4.98 Å². The van der Waals surface area contributed by atoms with E-state index in [4.69, 9.17) is 5.73 Å². The summed E-state index contributed by atoms with van der Waals surface area (Å²) in [7, 11) is 0. The van der Waals surface area contributed by atoms with Gasteiger partial charge in [-0.1, -0.05) is 6.92 Å². The average Bonchev–Trinajstić information content (AvgIpc) is 2.91. The van der Waals surface area contributed by atoms with Crippen LogP contribution in [0.4, 0.5) is 5.69 Å². The van der Waals surface area contributed by atoms with Crippen LogP contribution in [0.5, 0.6) is 0 Å². The summed E-state index contributed by atoms with van der Waals surface area (Å²) in [6.45, 7) is 6.33. The number of pyridine rings is 1. The first-order valence-corrected chi connectivity index (χ1v) is 8.75. The van der Waals surface area contributed by atoms with Crippen molar-refractivity contribution in [3.8, 4) is 17.2 Å². The first kappa shape index (κ1) is 15.7. The van der Waals surface area contributed by atoms with Crippen LogP contribution in [0, 0.1) is 31.1 Å². The lowest BCUT2D eigenvalue weighted by Gasteiger charge is -2.34. The third kappa shape index (κ3) is 2.39. The molecule has 0 atom stereocenters. The van der Waals surface area contributed by atoms with Crippen molar-refractivity contribution >= 4 is 16.6 Å². The van der Waals surface area contributed by atoms with E-state index in [0.29, 0.717) is 11.7 Å². The maximum atomic E-state index is 9.46. The van der Waals surface area contributed by atoms with Crippen LogP contribution >= 0.6 is 0 Å². The molecule has 0 unspecified atom stereocenters. The minimum absolute atomic E-state index is 0.535. The third-order valence-electron chi connectivity index (χ3n) is 5.59. The van der Waals surface area contributed by atoms with Gasteiger partial charge in [0.2, 0.25) is 0 Å². The standard InChI is InChI=1S/C21H22N4/c1-12-4-16(5-12)25-11-19(18-9-24-10-20(23)14(18)3)17-7-15(8-22)13(2)6-21(17)25/h6-7,9-12,16H,4-5,23H2,1-3H3. The summed E-state index contributed by atoms with van der Waals surface area (Å²) in [6.07, 6.45) is 8.20. The number of nitriles is 1. The van der Waals surface area contributed by atoms with E-state index in [1.54, 1.807) is 6.20 Å². The van der Waals surface area contributed by atoms with Gasteiger partial charge in [-0.25, -0.2) is 0 Å². The van der Waals surface area contributed by atoms with Crippen molar-refractivity contribution in [1.29, 1.82) is 5.26 Å². The van der Waals surface area contributed by atoms with Crippen LogP contribution in [-0.4, -0.2) is 9.55 Å². The number of hydrogen-bond acceptors (Lipinski definition) is 3. The van der Waals surface area contributed by atoms with E-state index in [9.17, 15) is 5.26 Å². The van der Waals surface area contributed by atoms with Crippen LogP contribution in [-0.2, 0) is 0 Å². The summed E-state index contributed by atoms with van der Waals surface area (Å²) < 4.78 is 2.39. The highest BCUT2D eigenvalue weighted by atomic mass is 15.0. The maximum Gasteiger partial charge on any atom is 0.0994 e. The Hall–Kier alpha value is -2.80. The Morgan fingerprint density at radius 3 is 2.64 bits per heavy atom. The minimum Gasteiger partial charge on any atom is -0.397 e. The Kier molecular flexibility index (Phi) is 3.54. The minimum atomic E-state index is 0.535. The Bertz CT molecular complexity index is 1020. The second-order valence-corrected chi connectivity index (χ2v) is 7.38. The molecule has 0 saturated heterocycles. The largest absolute Gasteiger partial charge is 0.397 e. The van der Waals surface area contributed by atoms with Gasteiger partial charge in [0.15, 0.2) is 0 Å². The molecule has 4 rings (SSSR count). The number of fused-ring (bicyclic) bond motifs is 1. The molecular weight excluding hydrogens is 308 g/mol. The second-order valence-electron chi connectivity index (χ2n) is 7.38. The molecule has 126 valence electrons. The van der Waals surface area contributed by atoms with E-state index < -0.39 is 0 Å². The van der Waals surface area contributed by atoms with Gasteiger partial charge >= 0.3 is 0 Å². The molecule has 1 fully saturated rings. The normalized spacial score (nSPS) is 19.6. The molecule has 2 aromatic heterocycles. The van der Waals surface area contributed by atoms with Crippen molar-refractivity contribution in [2.24, 2.45) is 5.92 Å². The van der Waals surface area contributed by atoms with Gasteiger partial charge in [-0.2, -0.15) is 5.26 Å². The Morgan fingerprint density at radius 2 is 1.96 bits per heavy atom. The fourth-order valence-corrected chi connectivity index (χ4v) is 3.94. The predicted octanol–water partition coefficient (Wildman–Crippen LogP) is 4.75. The molecule has 0 aliphatic heterocycles. The third-order valence-corrected chi connectivity index (χ3v) is 5.59. The van der Waals surface area contributed by atoms with Crippen LogP contribution in [0.2, 0.25) is 0 Å². The summed E-state index contributed by atoms with van der Waals surface area (Å²) in [5.41, 5.74) is 12.9. The Labute approximate surface area is 147 Å². The van der Waals surface area contributed by atoms with Gasteiger partial charge in [-0.05, 0) is 55.9 Å². The predicted molar refractivity (Wildman–Crippen MR) is 101 cm³/mol. The molecule has 1 saturated carbocycles. The summed E-state index contributed by atoms with van der Waals surface area (Å²) >= 11 is 0. The number of nitrogen functional groups attached to an aromatic ring is 1. The maximum absolute atomic E-state index is 9.46. The van der Waals surface area contributed by atoms with Gasteiger partial charge in [0.25, 0.3) is 0 Å². The fraction of sp³-hybridized carbons (Fsp3) is 0.333. The number of aromatic nitrogens is 2. The number of benzene rings is 1. The number of anilines is 1. The average molecular weight is 330 g/mol. The topological polar surface area (TPSA) is 67.6 Å². The van der Waals surface area contributed by atoms with E-state index in [0.717, 1.165) is 39.1 Å². The smallest absolute Gasteiger partial charge is 0.0994 e. The zero-order chi connectivity index (χ0) is 17.7. The molecule has 0 spiro atoms. The van der Waals surface area contributed by atoms with Crippen LogP contribution in [0.15, 0.2) is 30.7 Å². The molecule has 4 heteroatoms. The van der Waals surface area contributed by atoms with Gasteiger partial charge < -0.3 is 10.3 Å². The van der Waals surface area contributed by atoms with Crippen molar-refractivity contribution in [2.45, 2.75) is 39.7 Å². The quantitative estimate of drug-likeness (QED) is 0.737. The van der Waals surface area contributed by atoms with E-state index in [1.807, 2.05) is 26.1 Å². The van der Waals surface area contributed by atoms with E-state index in [1.165, 1.54) is 18.4 Å². The molecule has 1 aliphatic rings. The molecule has 0 amide bonds. The van der Waals surface area contributed by atoms with Crippen LogP contribution in [0.1, 0.15) is 42.5 Å². The number of nitrogens with two attached hydrogens (primary N) is 1. The molecule has 4 nitrogen and oxygen atoms in total. The van der Waals surface area contributed by atoms with Gasteiger partial charge in [0, 0.05) is 40.5 Å². The number of aryl methyl sites for hydroxylation is 1. The lowest BCUT2D eigenvalue weighted by molar-refractivity contribution is 0.221. The van der Waals surface area contributed by atoms with Crippen molar-refractivity contribution in [3.05, 3.63) is 47.4 Å². The van der Waals surface area contributed by atoms with Gasteiger partial charge in [0.1, 0.15) is 0 Å². The summed E-state index contributed by atoms with van der Waals surface area (Å²) in [5.74, 6) is 0.779. The van der Waals surface area contributed by atoms with Crippen molar-refractivity contribution in [1.82, 2.24) is 9.55 Å². The zero-order valence-electron chi connectivity index (χ0n) is 14.9. The molecule has 2 N–H and O–H groups in total. The Morgan fingerprint density at radius 1 is 1.20 bits per heavy atom. The summed E-state index contributed by atoms with van der Waals surface area (Å²) in [6, 6.07) is 7.01. The summed E-state index contributed by atoms with van der Waals surface area (Å²) in [5, 5.41) is 10.6. The second kappa shape index (κ2) is 5.63. The van der Waals surface area contributed by atoms with Crippen LogP contribution in [0.3, 0.4) is 0 Å². The molecule has 1 aliphatic carbocycles. The van der Waals surface area contributed by atoms with Crippen LogP contribution < -0.4 is 5.73 Å². The first-order valence-electron chi connectivity index (χ1n) is 8.75. The van der Waals surface area contributed by atoms with Crippen molar-refractivity contribution < 1.29 is 0 Å². The molecule has 0 bridgehead atoms. The first-order chi connectivity index (χ1) is 12.0. The van der Waals surface area contributed by atoms with E-state index in [-0.39, 0.29) is 0 Å². The SMILES string of the molecule is Cc1cc2c(cc1C#N)c(-c1cncc(N)c1C)cn2C1CC(C)C1. The Balaban J connectivity index is 2.00. The molecular formula is C21H22N4.